The molecule has 34 heavy (non-hydrogen) atoms. The quantitative estimate of drug-likeness (QED) is 0.644. The fourth-order valence-electron chi connectivity index (χ4n) is 5.33. The van der Waals surface area contributed by atoms with Crippen LogP contribution in [0.1, 0.15) is 36.9 Å². The van der Waals surface area contributed by atoms with Gasteiger partial charge in [-0.1, -0.05) is 23.7 Å². The number of Topliss-reactive ketones (excluding diaryl/α,β-unsaturated/α-hetero) is 1. The number of carboxylic acid groups (broad SMARTS) is 1. The lowest BCUT2D eigenvalue weighted by atomic mass is 9.72. The number of halogens is 1. The third kappa shape index (κ3) is 4.31. The van der Waals surface area contributed by atoms with Crippen LogP contribution in [0.4, 0.5) is 10.6 Å². The van der Waals surface area contributed by atoms with Gasteiger partial charge in [0, 0.05) is 49.6 Å². The highest BCUT2D eigenvalue weighted by Crippen LogP contribution is 2.41. The van der Waals surface area contributed by atoms with Crippen LogP contribution < -0.4 is 10.2 Å². The van der Waals surface area contributed by atoms with E-state index in [9.17, 15) is 14.7 Å². The Morgan fingerprint density at radius 2 is 1.94 bits per heavy atom. The molecule has 2 fully saturated rings. The van der Waals surface area contributed by atoms with Gasteiger partial charge in [-0.25, -0.2) is 4.79 Å². The second-order valence-corrected chi connectivity index (χ2v) is 9.14. The van der Waals surface area contributed by atoms with E-state index in [-0.39, 0.29) is 36.4 Å². The maximum Gasteiger partial charge on any atom is 0.408 e. The summed E-state index contributed by atoms with van der Waals surface area (Å²) in [4.78, 5) is 29.8. The molecule has 1 aromatic heterocycles. The average molecular weight is 483 g/mol. The summed E-state index contributed by atoms with van der Waals surface area (Å²) in [6, 6.07) is 12.7. The van der Waals surface area contributed by atoms with Crippen LogP contribution in [0.5, 0.6) is 0 Å². The van der Waals surface area contributed by atoms with Crippen LogP contribution in [-0.2, 0) is 4.79 Å². The second-order valence-electron chi connectivity index (χ2n) is 8.70. The second kappa shape index (κ2) is 9.95. The van der Waals surface area contributed by atoms with Crippen LogP contribution in [0.3, 0.4) is 0 Å². The van der Waals surface area contributed by atoms with Crippen LogP contribution in [0.25, 0.3) is 0 Å². The zero-order chi connectivity index (χ0) is 24.3. The van der Waals surface area contributed by atoms with Crippen LogP contribution in [0, 0.1) is 17.2 Å². The van der Waals surface area contributed by atoms with E-state index in [0.717, 1.165) is 5.56 Å². The van der Waals surface area contributed by atoms with Crippen LogP contribution in [0.15, 0.2) is 36.4 Å². The smallest absolute Gasteiger partial charge is 0.408 e. The minimum Gasteiger partial charge on any atom is -0.465 e. The molecule has 2 N–H and O–H groups in total. The fourth-order valence-corrected chi connectivity index (χ4v) is 5.46. The molecule has 0 aliphatic carbocycles. The van der Waals surface area contributed by atoms with E-state index in [4.69, 9.17) is 16.9 Å². The lowest BCUT2D eigenvalue weighted by molar-refractivity contribution is -0.135. The van der Waals surface area contributed by atoms with Gasteiger partial charge in [0.25, 0.3) is 0 Å². The number of hydrogen-bond donors (Lipinski definition) is 2. The van der Waals surface area contributed by atoms with Crippen LogP contribution in [-0.4, -0.2) is 70.3 Å². The lowest BCUT2D eigenvalue weighted by Crippen LogP contribution is -2.63. The van der Waals surface area contributed by atoms with Crippen molar-refractivity contribution in [1.29, 1.82) is 5.26 Å². The van der Waals surface area contributed by atoms with E-state index in [1.807, 2.05) is 23.1 Å². The maximum absolute atomic E-state index is 14.2. The zero-order valence-corrected chi connectivity index (χ0v) is 19.7. The highest BCUT2D eigenvalue weighted by Gasteiger charge is 2.56. The third-order valence-electron chi connectivity index (χ3n) is 7.00. The summed E-state index contributed by atoms with van der Waals surface area (Å²) in [5.41, 5.74) is -0.0334. The van der Waals surface area contributed by atoms with Crippen molar-refractivity contribution in [2.24, 2.45) is 5.92 Å². The van der Waals surface area contributed by atoms with Crippen molar-refractivity contribution >= 4 is 29.3 Å². The Kier molecular flexibility index (Phi) is 7.00. The van der Waals surface area contributed by atoms with Gasteiger partial charge >= 0.3 is 6.09 Å². The number of nitrogens with zero attached hydrogens (tertiary/aromatic N) is 5. The van der Waals surface area contributed by atoms with E-state index in [2.05, 4.69) is 15.5 Å². The van der Waals surface area contributed by atoms with Crippen molar-refractivity contribution in [2.45, 2.75) is 31.2 Å². The molecule has 0 saturated carbocycles. The normalized spacial score (nSPS) is 22.9. The van der Waals surface area contributed by atoms with E-state index < -0.39 is 11.6 Å². The van der Waals surface area contributed by atoms with Gasteiger partial charge in [-0.3, -0.25) is 9.69 Å². The number of carbonyl (C=O) groups excluding carboxylic acids is 1. The van der Waals surface area contributed by atoms with Gasteiger partial charge in [-0.15, -0.1) is 10.2 Å². The van der Waals surface area contributed by atoms with Crippen molar-refractivity contribution in [1.82, 2.24) is 20.4 Å². The Labute approximate surface area is 203 Å². The van der Waals surface area contributed by atoms with Gasteiger partial charge in [-0.2, -0.15) is 5.26 Å². The van der Waals surface area contributed by atoms with Gasteiger partial charge in [0.1, 0.15) is 11.6 Å². The number of ketones is 1. The van der Waals surface area contributed by atoms with Crippen LogP contribution >= 0.6 is 11.6 Å². The van der Waals surface area contributed by atoms with Crippen molar-refractivity contribution < 1.29 is 14.7 Å². The number of amides is 1. The van der Waals surface area contributed by atoms with Crippen LogP contribution in [0.2, 0.25) is 5.02 Å². The van der Waals surface area contributed by atoms with E-state index in [1.165, 1.54) is 4.90 Å². The lowest BCUT2D eigenvalue weighted by Gasteiger charge is -2.44. The molecule has 2 saturated heterocycles. The standard InChI is InChI=1S/C24H27ClN6O3/c1-2-31(23(33)34)24(15-27-14-20(24)16-3-5-18(25)6-4-16)22(32)17-9-11-30(12-10-17)21-8-7-19(13-26)28-29-21/h3-8,17,20,27H,2,9-12,14-15H2,1H3,(H,33,34)/t20-,24+/m1/s1. The van der Waals surface area contributed by atoms with Gasteiger partial charge < -0.3 is 15.3 Å². The molecule has 9 nitrogen and oxygen atoms in total. The first-order valence-corrected chi connectivity index (χ1v) is 11.8. The number of anilines is 1. The predicted octanol–water partition coefficient (Wildman–Crippen LogP) is 2.91. The summed E-state index contributed by atoms with van der Waals surface area (Å²) in [5, 5.41) is 30.9. The van der Waals surface area contributed by atoms with E-state index in [0.29, 0.717) is 43.3 Å². The third-order valence-corrected chi connectivity index (χ3v) is 7.25. The Balaban J connectivity index is 1.60. The molecule has 2 atom stereocenters. The maximum atomic E-state index is 14.2. The Bertz CT molecular complexity index is 1080. The molecule has 0 spiro atoms. The van der Waals surface area contributed by atoms with Crippen molar-refractivity contribution in [3.63, 3.8) is 0 Å². The molecule has 0 bridgehead atoms. The summed E-state index contributed by atoms with van der Waals surface area (Å²) in [5.74, 6) is 0.0515. The van der Waals surface area contributed by atoms with E-state index >= 15 is 0 Å². The molecule has 0 radical (unpaired) electrons. The molecule has 3 heterocycles. The molecule has 1 amide bonds. The number of benzene rings is 1. The fraction of sp³-hybridized carbons (Fsp3) is 0.458. The molecule has 2 aromatic rings. The summed E-state index contributed by atoms with van der Waals surface area (Å²) in [6.45, 7) is 3.98. The Hall–Kier alpha value is -3.22. The highest BCUT2D eigenvalue weighted by atomic mass is 35.5. The first-order valence-electron chi connectivity index (χ1n) is 11.4. The number of hydrogen-bond acceptors (Lipinski definition) is 7. The molecule has 2 aliphatic rings. The average Bonchev–Trinajstić information content (AvgIpc) is 3.30. The zero-order valence-electron chi connectivity index (χ0n) is 18.9. The number of aromatic nitrogens is 2. The molecule has 1 aromatic carbocycles. The number of rotatable bonds is 6. The number of piperidine rings is 1. The van der Waals surface area contributed by atoms with Gasteiger partial charge in [-0.05, 0) is 49.6 Å². The van der Waals surface area contributed by atoms with Crippen molar-refractivity contribution in [3.8, 4) is 6.07 Å². The van der Waals surface area contributed by atoms with Gasteiger partial charge in [0.05, 0.1) is 0 Å². The topological polar surface area (TPSA) is 122 Å². The van der Waals surface area contributed by atoms with Gasteiger partial charge in [0.2, 0.25) is 0 Å². The number of likely N-dealkylation sites (N-methyl/N-ethyl adjacent to an activating group) is 1. The summed E-state index contributed by atoms with van der Waals surface area (Å²) >= 11 is 6.08. The first-order chi connectivity index (χ1) is 16.4. The number of carbonyl (C=O) groups is 2. The Morgan fingerprint density at radius 3 is 2.50 bits per heavy atom. The highest BCUT2D eigenvalue weighted by molar-refractivity contribution is 6.30. The monoisotopic (exact) mass is 482 g/mol. The molecule has 2 aliphatic heterocycles. The summed E-state index contributed by atoms with van der Waals surface area (Å²) in [6.07, 6.45) is 0.0864. The van der Waals surface area contributed by atoms with E-state index in [1.54, 1.807) is 31.2 Å². The van der Waals surface area contributed by atoms with Crippen molar-refractivity contribution in [2.75, 3.05) is 37.6 Å². The molecular weight excluding hydrogens is 456 g/mol. The summed E-state index contributed by atoms with van der Waals surface area (Å²) < 4.78 is 0. The molecule has 10 heteroatoms. The Morgan fingerprint density at radius 1 is 1.24 bits per heavy atom. The van der Waals surface area contributed by atoms with Crippen molar-refractivity contribution in [3.05, 3.63) is 52.7 Å². The largest absolute Gasteiger partial charge is 0.465 e. The molecule has 0 unspecified atom stereocenters. The van der Waals surface area contributed by atoms with Gasteiger partial charge in [0.15, 0.2) is 17.3 Å². The molecule has 178 valence electrons. The first kappa shape index (κ1) is 23.9. The minimum atomic E-state index is -1.19. The summed E-state index contributed by atoms with van der Waals surface area (Å²) in [7, 11) is 0. The number of nitrogens with one attached hydrogen (secondary N) is 1. The molecule has 4 rings (SSSR count). The molecular formula is C24H27ClN6O3. The SMILES string of the molecule is CCN(C(=O)O)[C@@]1(C(=O)C2CCN(c3ccc(C#N)nn3)CC2)CNC[C@@H]1c1ccc(Cl)cc1. The predicted molar refractivity (Wildman–Crippen MR) is 127 cm³/mol. The minimum absolute atomic E-state index is 0.0349. The number of nitriles is 1.